The van der Waals surface area contributed by atoms with Gasteiger partial charge in [0.2, 0.25) is 1.43 Å². The van der Waals surface area contributed by atoms with E-state index in [4.69, 9.17) is 5.64 Å². The van der Waals surface area contributed by atoms with Crippen molar-refractivity contribution in [2.75, 3.05) is 13.6 Å². The van der Waals surface area contributed by atoms with Gasteiger partial charge in [-0.25, -0.2) is 0 Å². The van der Waals surface area contributed by atoms with E-state index in [-0.39, 0.29) is 12.3 Å². The molecule has 0 spiro atoms. The lowest BCUT2D eigenvalue weighted by Gasteiger charge is -2.09. The Balaban J connectivity index is 3.01. The lowest BCUT2D eigenvalue weighted by molar-refractivity contribution is 0.177. The van der Waals surface area contributed by atoms with Gasteiger partial charge in [0, 0.05) is 6.54 Å². The van der Waals surface area contributed by atoms with E-state index in [1.165, 1.54) is 13.1 Å². The van der Waals surface area contributed by atoms with E-state index in [1.54, 1.807) is 18.2 Å². The van der Waals surface area contributed by atoms with E-state index in [1.807, 2.05) is 0 Å². The first-order valence-electron chi connectivity index (χ1n) is 5.36. The van der Waals surface area contributed by atoms with Crippen LogP contribution in [0.3, 0.4) is 0 Å². The molecule has 1 aromatic carbocycles. The summed E-state index contributed by atoms with van der Waals surface area (Å²) in [6, 6.07) is 6.20. The fourth-order valence-corrected chi connectivity index (χ4v) is 0.904. The summed E-state index contributed by atoms with van der Waals surface area (Å²) in [5.41, 5.74) is 0.367. The molecule has 0 aliphatic heterocycles. The highest BCUT2D eigenvalue weighted by molar-refractivity contribution is 5.28. The molecule has 0 fully saturated rings. The fourth-order valence-electron chi connectivity index (χ4n) is 0.904. The maximum atomic E-state index is 7.92. The third kappa shape index (κ3) is 2.22. The first kappa shape index (κ1) is 4.84. The average Bonchev–Trinajstić information content (AvgIpc) is 2.28. The molecule has 3 N–H and O–H groups in total. The third-order valence-electron chi connectivity index (χ3n) is 1.46. The molecular formula is C9H13NO2. The van der Waals surface area contributed by atoms with Gasteiger partial charge in [-0.2, -0.15) is 0 Å². The summed E-state index contributed by atoms with van der Waals surface area (Å²) in [6.07, 6.45) is -1.66. The monoisotopic (exact) mass is 171 g/mol. The second kappa shape index (κ2) is 4.09. The number of aliphatic hydroxyl groups is 1. The van der Waals surface area contributed by atoms with Gasteiger partial charge in [-0.3, -0.25) is 0 Å². The number of rotatable bonds is 5. The fraction of sp³-hybridized carbons (Fsp3) is 0.333. The van der Waals surface area contributed by atoms with E-state index >= 15 is 0 Å². The maximum absolute atomic E-state index is 7.92. The molecule has 0 heterocycles. The number of likely N-dealkylation sites (N-methyl/N-ethyl adjacent to an activating group) is 1. The molecule has 0 aliphatic carbocycles. The Kier molecular flexibility index (Phi) is 1.65. The standard InChI is InChI=1S/C9H13NO2/c1-10-6-9(12)7-3-2-4-8(11)5-7/h2-5,9-12H,6H2,1H3/i9D,12D/hD2. The quantitative estimate of drug-likeness (QED) is 0.609. The normalized spacial score (nSPS) is 20.2. The molecule has 12 heavy (non-hydrogen) atoms. The number of hydrogen-bond donors (Lipinski definition) is 3. The van der Waals surface area contributed by atoms with Gasteiger partial charge >= 0.3 is 0 Å². The van der Waals surface area contributed by atoms with Gasteiger partial charge in [0.1, 0.15) is 7.16 Å². The van der Waals surface area contributed by atoms with Gasteiger partial charge in [-0.05, 0) is 24.7 Å². The Labute approximate surface area is 77.5 Å². The predicted octanol–water partition coefficient (Wildman–Crippen LogP) is 0.645. The molecule has 0 aromatic heterocycles. The Morgan fingerprint density at radius 2 is 2.75 bits per heavy atom. The molecule has 3 heteroatoms. The van der Waals surface area contributed by atoms with Crippen molar-refractivity contribution in [1.82, 2.24) is 5.31 Å². The molecule has 0 radical (unpaired) electrons. The van der Waals surface area contributed by atoms with Crippen molar-refractivity contribution in [2.45, 2.75) is 6.08 Å². The number of nitrogens with one attached hydrogen (secondary N) is 1. The topological polar surface area (TPSA) is 52.5 Å². The van der Waals surface area contributed by atoms with Crippen LogP contribution in [0.2, 0.25) is 1.41 Å². The highest BCUT2D eigenvalue weighted by atomic mass is 16.3. The Hall–Kier alpha value is -1.06. The predicted molar refractivity (Wildman–Crippen MR) is 47.0 cm³/mol. The van der Waals surface area contributed by atoms with E-state index in [9.17, 15) is 0 Å². The van der Waals surface area contributed by atoms with Crippen LogP contribution in [0.5, 0.6) is 5.75 Å². The molecule has 1 unspecified atom stereocenters. The van der Waals surface area contributed by atoms with Crippen LogP contribution in [0.25, 0.3) is 0 Å². The van der Waals surface area contributed by atoms with Crippen LogP contribution in [0, 0.1) is 0 Å². The van der Waals surface area contributed by atoms with Crippen molar-refractivity contribution >= 4 is 0 Å². The first-order chi connectivity index (χ1) is 7.51. The van der Waals surface area contributed by atoms with Crippen LogP contribution in [-0.4, -0.2) is 26.7 Å². The van der Waals surface area contributed by atoms with Gasteiger partial charge in [0.25, 0.3) is 1.43 Å². The summed E-state index contributed by atoms with van der Waals surface area (Å²) >= 11 is 0. The van der Waals surface area contributed by atoms with Crippen LogP contribution in [0.1, 0.15) is 13.0 Å². The zero-order valence-corrected chi connectivity index (χ0v) is 6.78. The summed E-state index contributed by atoms with van der Waals surface area (Å²) < 4.78 is 28.9. The van der Waals surface area contributed by atoms with Gasteiger partial charge in [0.05, 0.1) is 7.45 Å². The van der Waals surface area contributed by atoms with Gasteiger partial charge in [-0.15, -0.1) is 0 Å². The minimum Gasteiger partial charge on any atom is -0.508 e. The Morgan fingerprint density at radius 3 is 3.42 bits per heavy atom. The lowest BCUT2D eigenvalue weighted by Crippen LogP contribution is -2.16. The SMILES string of the molecule is [2H]Oc1cccc(C([2H])(CN([2H])C)O[2H])c1. The number of phenols is 1. The largest absolute Gasteiger partial charge is 0.508 e. The number of benzene rings is 1. The highest BCUT2D eigenvalue weighted by Crippen LogP contribution is 2.17. The van der Waals surface area contributed by atoms with Crippen LogP contribution in [0.4, 0.5) is 0 Å². The van der Waals surface area contributed by atoms with E-state index in [0.717, 1.165) is 5.31 Å². The molecule has 66 valence electrons. The zero-order valence-electron chi connectivity index (χ0n) is 10.8. The van der Waals surface area contributed by atoms with Crippen molar-refractivity contribution < 1.29 is 13.0 Å². The molecule has 1 aromatic rings. The van der Waals surface area contributed by atoms with Gasteiger partial charge in [0.15, 0.2) is 0 Å². The second-order valence-electron chi connectivity index (χ2n) is 2.43. The van der Waals surface area contributed by atoms with Crippen LogP contribution in [0.15, 0.2) is 24.3 Å². The molecule has 3 nitrogen and oxygen atoms in total. The molecule has 0 aliphatic rings. The zero-order chi connectivity index (χ0) is 12.2. The number of aromatic hydroxyl groups is 1. The highest BCUT2D eigenvalue weighted by Gasteiger charge is 2.05. The van der Waals surface area contributed by atoms with Crippen molar-refractivity contribution in [3.8, 4) is 5.75 Å². The first-order valence-corrected chi connectivity index (χ1v) is 3.60. The minimum atomic E-state index is -1.66. The molecule has 1 atom stereocenters. The Morgan fingerprint density at radius 1 is 1.83 bits per heavy atom. The summed E-state index contributed by atoms with van der Waals surface area (Å²) in [7, 11) is 1.47. The van der Waals surface area contributed by atoms with Crippen molar-refractivity contribution in [3.63, 3.8) is 0 Å². The average molecular weight is 171 g/mol. The molecule has 0 bridgehead atoms. The van der Waals surface area contributed by atoms with Crippen LogP contribution < -0.4 is 5.31 Å². The summed E-state index contributed by atoms with van der Waals surface area (Å²) in [5, 5.41) is 9.67. The van der Waals surface area contributed by atoms with Crippen LogP contribution in [-0.2, 0) is 0 Å². The summed E-state index contributed by atoms with van der Waals surface area (Å²) in [4.78, 5) is 0. The number of phenolic OH excluding ortho intramolecular Hbond substituents is 1. The van der Waals surface area contributed by atoms with E-state index in [0.29, 0.717) is 5.56 Å². The molecular weight excluding hydrogens is 154 g/mol. The molecule has 0 saturated carbocycles. The summed E-state index contributed by atoms with van der Waals surface area (Å²) in [6.45, 7) is -0.0854. The number of hydrogen-bond acceptors (Lipinski definition) is 3. The van der Waals surface area contributed by atoms with Gasteiger partial charge in [-0.1, -0.05) is 12.1 Å². The van der Waals surface area contributed by atoms with E-state index < -0.39 is 6.08 Å². The lowest BCUT2D eigenvalue weighted by atomic mass is 10.1. The molecule has 0 saturated heterocycles. The third-order valence-corrected chi connectivity index (χ3v) is 1.46. The second-order valence-corrected chi connectivity index (χ2v) is 2.43. The van der Waals surface area contributed by atoms with Crippen molar-refractivity contribution in [3.05, 3.63) is 29.8 Å². The van der Waals surface area contributed by atoms with Crippen LogP contribution >= 0.6 is 0 Å². The molecule has 0 amide bonds. The van der Waals surface area contributed by atoms with Gasteiger partial charge < -0.3 is 15.5 Å². The summed E-state index contributed by atoms with van der Waals surface area (Å²) in [5.74, 6) is 0.263. The Bertz CT molecular complexity index is 350. The smallest absolute Gasteiger partial charge is 0.293 e. The molecule has 1 rings (SSSR count). The maximum Gasteiger partial charge on any atom is 0.293 e. The van der Waals surface area contributed by atoms with Crippen molar-refractivity contribution in [2.24, 2.45) is 0 Å². The van der Waals surface area contributed by atoms with E-state index in [2.05, 4.69) is 10.2 Å². The van der Waals surface area contributed by atoms with Crippen molar-refractivity contribution in [1.29, 1.82) is 2.86 Å². The minimum absolute atomic E-state index is 0.0854.